The maximum atomic E-state index is 12.4. The van der Waals surface area contributed by atoms with Crippen molar-refractivity contribution < 1.29 is 14.3 Å². The van der Waals surface area contributed by atoms with Crippen molar-refractivity contribution in [3.8, 4) is 5.75 Å². The summed E-state index contributed by atoms with van der Waals surface area (Å²) in [7, 11) is 0. The van der Waals surface area contributed by atoms with E-state index in [0.29, 0.717) is 48.0 Å². The van der Waals surface area contributed by atoms with E-state index in [9.17, 15) is 14.4 Å². The number of hydrogen-bond donors (Lipinski definition) is 1. The van der Waals surface area contributed by atoms with Gasteiger partial charge < -0.3 is 14.0 Å². The molecular weight excluding hydrogens is 388 g/mol. The normalized spacial score (nSPS) is 11.0. The minimum Gasteiger partial charge on any atom is -0.486 e. The van der Waals surface area contributed by atoms with Crippen molar-refractivity contribution in [3.05, 3.63) is 56.5 Å². The fourth-order valence-corrected chi connectivity index (χ4v) is 3.24. The number of aromatic nitrogens is 4. The summed E-state index contributed by atoms with van der Waals surface area (Å²) in [4.78, 5) is 43.4. The summed E-state index contributed by atoms with van der Waals surface area (Å²) in [5, 5.41) is 0. The number of hydrogen-bond acceptors (Lipinski definition) is 6. The van der Waals surface area contributed by atoms with E-state index in [1.54, 1.807) is 35.8 Å². The van der Waals surface area contributed by atoms with Crippen LogP contribution in [0, 0.1) is 0 Å². The van der Waals surface area contributed by atoms with Crippen molar-refractivity contribution in [2.75, 3.05) is 6.61 Å². The third-order valence-electron chi connectivity index (χ3n) is 4.75. The van der Waals surface area contributed by atoms with Gasteiger partial charge in [-0.1, -0.05) is 13.3 Å². The van der Waals surface area contributed by atoms with Crippen molar-refractivity contribution in [3.63, 3.8) is 0 Å². The summed E-state index contributed by atoms with van der Waals surface area (Å²) < 4.78 is 14.0. The number of fused-ring (bicyclic) bond motifs is 1. The Morgan fingerprint density at radius 3 is 2.47 bits per heavy atom. The quantitative estimate of drug-likeness (QED) is 0.539. The number of aryl methyl sites for hydroxylation is 2. The molecule has 0 saturated heterocycles. The van der Waals surface area contributed by atoms with Gasteiger partial charge in [0.1, 0.15) is 18.2 Å². The van der Waals surface area contributed by atoms with Gasteiger partial charge in [0.2, 0.25) is 0 Å². The summed E-state index contributed by atoms with van der Waals surface area (Å²) in [5.74, 6) is 0.708. The predicted octanol–water partition coefficient (Wildman–Crippen LogP) is 2.46. The van der Waals surface area contributed by atoms with Crippen molar-refractivity contribution >= 4 is 17.1 Å². The minimum atomic E-state index is -0.456. The van der Waals surface area contributed by atoms with E-state index in [1.165, 1.54) is 4.57 Å². The van der Waals surface area contributed by atoms with E-state index < -0.39 is 11.2 Å². The SMILES string of the molecule is CCCCn1c(=O)[nH]c(=O)c2c1nc(COc1ccc(C(=O)OCC)cc1)n2CC. The Morgan fingerprint density at radius 1 is 1.10 bits per heavy atom. The van der Waals surface area contributed by atoms with Crippen LogP contribution in [0.1, 0.15) is 49.8 Å². The first-order chi connectivity index (χ1) is 14.5. The Balaban J connectivity index is 1.89. The molecule has 9 heteroatoms. The fraction of sp³-hybridized carbons (Fsp3) is 0.429. The lowest BCUT2D eigenvalue weighted by molar-refractivity contribution is 0.0526. The number of benzene rings is 1. The number of esters is 1. The Kier molecular flexibility index (Phi) is 6.71. The minimum absolute atomic E-state index is 0.114. The van der Waals surface area contributed by atoms with E-state index >= 15 is 0 Å². The van der Waals surface area contributed by atoms with E-state index in [2.05, 4.69) is 9.97 Å². The predicted molar refractivity (Wildman–Crippen MR) is 112 cm³/mol. The van der Waals surface area contributed by atoms with Crippen molar-refractivity contribution in [2.24, 2.45) is 0 Å². The van der Waals surface area contributed by atoms with Crippen LogP contribution in [-0.2, 0) is 24.4 Å². The summed E-state index contributed by atoms with van der Waals surface area (Å²) in [6.07, 6.45) is 1.72. The van der Waals surface area contributed by atoms with Crippen LogP contribution in [0.5, 0.6) is 5.75 Å². The molecule has 1 aromatic carbocycles. The number of imidazole rings is 1. The number of ether oxygens (including phenoxy) is 2. The zero-order chi connectivity index (χ0) is 21.7. The molecule has 0 saturated carbocycles. The topological polar surface area (TPSA) is 108 Å². The van der Waals surface area contributed by atoms with Gasteiger partial charge in [-0.05, 0) is 44.5 Å². The van der Waals surface area contributed by atoms with E-state index in [-0.39, 0.29) is 12.6 Å². The summed E-state index contributed by atoms with van der Waals surface area (Å²) in [6.45, 7) is 7.10. The maximum absolute atomic E-state index is 12.4. The molecule has 0 radical (unpaired) electrons. The molecule has 0 aliphatic carbocycles. The van der Waals surface area contributed by atoms with Crippen molar-refractivity contribution in [2.45, 2.75) is 53.3 Å². The lowest BCUT2D eigenvalue weighted by atomic mass is 10.2. The molecule has 160 valence electrons. The van der Waals surface area contributed by atoms with Crippen LogP contribution in [0.2, 0.25) is 0 Å². The van der Waals surface area contributed by atoms with Gasteiger partial charge in [0.25, 0.3) is 5.56 Å². The first-order valence-corrected chi connectivity index (χ1v) is 10.1. The summed E-state index contributed by atoms with van der Waals surface area (Å²) in [5.41, 5.74) is 0.266. The molecule has 3 rings (SSSR count). The molecule has 30 heavy (non-hydrogen) atoms. The Hall–Kier alpha value is -3.36. The molecule has 0 spiro atoms. The second-order valence-corrected chi connectivity index (χ2v) is 6.74. The maximum Gasteiger partial charge on any atom is 0.338 e. The van der Waals surface area contributed by atoms with E-state index in [4.69, 9.17) is 9.47 Å². The molecule has 0 bridgehead atoms. The zero-order valence-electron chi connectivity index (χ0n) is 17.4. The molecule has 0 atom stereocenters. The highest BCUT2D eigenvalue weighted by molar-refractivity contribution is 5.89. The average molecular weight is 414 g/mol. The molecule has 0 amide bonds. The summed E-state index contributed by atoms with van der Waals surface area (Å²) in [6, 6.07) is 6.61. The van der Waals surface area contributed by atoms with Gasteiger partial charge in [-0.15, -0.1) is 0 Å². The van der Waals surface area contributed by atoms with Crippen LogP contribution in [0.4, 0.5) is 0 Å². The number of nitrogens with one attached hydrogen (secondary N) is 1. The first-order valence-electron chi connectivity index (χ1n) is 10.1. The Labute approximate surface area is 173 Å². The van der Waals surface area contributed by atoms with Gasteiger partial charge in [0, 0.05) is 13.1 Å². The molecule has 2 aromatic heterocycles. The van der Waals surface area contributed by atoms with Crippen LogP contribution >= 0.6 is 0 Å². The van der Waals surface area contributed by atoms with E-state index in [1.807, 2.05) is 13.8 Å². The van der Waals surface area contributed by atoms with Crippen LogP contribution in [0.3, 0.4) is 0 Å². The van der Waals surface area contributed by atoms with Gasteiger partial charge in [-0.25, -0.2) is 14.6 Å². The third-order valence-corrected chi connectivity index (χ3v) is 4.75. The second kappa shape index (κ2) is 9.43. The third kappa shape index (κ3) is 4.29. The van der Waals surface area contributed by atoms with Crippen LogP contribution in [-0.4, -0.2) is 31.7 Å². The monoisotopic (exact) mass is 414 g/mol. The van der Waals surface area contributed by atoms with Crippen molar-refractivity contribution in [1.82, 2.24) is 19.1 Å². The molecule has 0 aliphatic heterocycles. The molecule has 1 N–H and O–H groups in total. The van der Waals surface area contributed by atoms with Gasteiger partial charge in [0.05, 0.1) is 12.2 Å². The number of aromatic amines is 1. The standard InChI is InChI=1S/C21H26N4O5/c1-4-7-12-25-18-17(19(26)23-21(25)28)24(5-2)16(22-18)13-30-15-10-8-14(9-11-15)20(27)29-6-3/h8-11H,4-7,12-13H2,1-3H3,(H,23,26,28). The molecule has 2 heterocycles. The van der Waals surface area contributed by atoms with Crippen molar-refractivity contribution in [1.29, 1.82) is 0 Å². The number of H-pyrrole nitrogens is 1. The number of carbonyl (C=O) groups excluding carboxylic acids is 1. The number of carbonyl (C=O) groups is 1. The van der Waals surface area contributed by atoms with Crippen LogP contribution in [0.15, 0.2) is 33.9 Å². The Morgan fingerprint density at radius 2 is 1.83 bits per heavy atom. The zero-order valence-corrected chi connectivity index (χ0v) is 17.4. The molecule has 3 aromatic rings. The number of rotatable bonds is 9. The van der Waals surface area contributed by atoms with Crippen LogP contribution in [0.25, 0.3) is 11.2 Å². The average Bonchev–Trinajstić information content (AvgIpc) is 3.11. The fourth-order valence-electron chi connectivity index (χ4n) is 3.24. The van der Waals surface area contributed by atoms with Gasteiger partial charge in [0.15, 0.2) is 11.2 Å². The van der Waals surface area contributed by atoms with Gasteiger partial charge >= 0.3 is 11.7 Å². The lowest BCUT2D eigenvalue weighted by Gasteiger charge is -2.08. The smallest absolute Gasteiger partial charge is 0.338 e. The molecular formula is C21H26N4O5. The highest BCUT2D eigenvalue weighted by atomic mass is 16.5. The summed E-state index contributed by atoms with van der Waals surface area (Å²) >= 11 is 0. The van der Waals surface area contributed by atoms with Gasteiger partial charge in [-0.2, -0.15) is 0 Å². The molecule has 0 aliphatic rings. The number of nitrogens with zero attached hydrogens (tertiary/aromatic N) is 3. The lowest BCUT2D eigenvalue weighted by Crippen LogP contribution is -2.31. The molecule has 0 unspecified atom stereocenters. The highest BCUT2D eigenvalue weighted by Crippen LogP contribution is 2.17. The van der Waals surface area contributed by atoms with Crippen LogP contribution < -0.4 is 16.0 Å². The van der Waals surface area contributed by atoms with E-state index in [0.717, 1.165) is 12.8 Å². The highest BCUT2D eigenvalue weighted by Gasteiger charge is 2.18. The van der Waals surface area contributed by atoms with Gasteiger partial charge in [-0.3, -0.25) is 14.3 Å². The Bertz CT molecular complexity index is 1140. The molecule has 9 nitrogen and oxygen atoms in total. The number of unbranched alkanes of at least 4 members (excludes halogenated alkanes) is 1. The first kappa shape index (κ1) is 21.4. The molecule has 0 fully saturated rings. The second-order valence-electron chi connectivity index (χ2n) is 6.74. The largest absolute Gasteiger partial charge is 0.486 e.